The van der Waals surface area contributed by atoms with Gasteiger partial charge in [0, 0.05) is 21.4 Å². The second kappa shape index (κ2) is 9.52. The van der Waals surface area contributed by atoms with Crippen LogP contribution >= 0.6 is 23.2 Å². The van der Waals surface area contributed by atoms with Gasteiger partial charge in [0.05, 0.1) is 36.7 Å². The monoisotopic (exact) mass is 444 g/mol. The first-order chi connectivity index (χ1) is 14.4. The highest BCUT2D eigenvalue weighted by molar-refractivity contribution is 6.31. The number of anilines is 4. The molecule has 3 rings (SSSR count). The van der Waals surface area contributed by atoms with E-state index in [-0.39, 0.29) is 11.1 Å². The fourth-order valence-corrected chi connectivity index (χ4v) is 2.99. The molecule has 154 valence electrons. The minimum absolute atomic E-state index is 0.233. The molecule has 0 aliphatic carbocycles. The maximum atomic E-state index is 12.4. The zero-order chi connectivity index (χ0) is 21.7. The van der Waals surface area contributed by atoms with Crippen LogP contribution in [-0.2, 0) is 9.47 Å². The van der Waals surface area contributed by atoms with Gasteiger partial charge in [-0.1, -0.05) is 23.2 Å². The number of halogens is 2. The van der Waals surface area contributed by atoms with Gasteiger partial charge in [-0.15, -0.1) is 0 Å². The summed E-state index contributed by atoms with van der Waals surface area (Å²) in [6.07, 6.45) is 0. The lowest BCUT2D eigenvalue weighted by Crippen LogP contribution is -2.12. The van der Waals surface area contributed by atoms with Crippen LogP contribution < -0.4 is 10.6 Å². The summed E-state index contributed by atoms with van der Waals surface area (Å²) in [6, 6.07) is 16.9. The molecule has 0 heterocycles. The fraction of sp³-hybridized carbons (Fsp3) is 0.0909. The molecular weight excluding hydrogens is 427 g/mol. The normalized spacial score (nSPS) is 10.3. The number of hydrogen-bond donors (Lipinski definition) is 2. The predicted octanol–water partition coefficient (Wildman–Crippen LogP) is 6.05. The number of carbonyl (C=O) groups excluding carboxylic acids is 2. The highest BCUT2D eigenvalue weighted by Gasteiger charge is 2.21. The number of carbonyl (C=O) groups is 2. The van der Waals surface area contributed by atoms with E-state index in [1.807, 2.05) is 0 Å². The van der Waals surface area contributed by atoms with Gasteiger partial charge in [0.25, 0.3) is 0 Å². The van der Waals surface area contributed by atoms with Gasteiger partial charge in [-0.25, -0.2) is 9.59 Å². The number of methoxy groups -OCH3 is 2. The van der Waals surface area contributed by atoms with Crippen LogP contribution in [0.5, 0.6) is 0 Å². The Morgan fingerprint density at radius 3 is 1.30 bits per heavy atom. The molecule has 0 bridgehead atoms. The largest absolute Gasteiger partial charge is 0.465 e. The van der Waals surface area contributed by atoms with Gasteiger partial charge in [0.2, 0.25) is 0 Å². The van der Waals surface area contributed by atoms with Gasteiger partial charge in [0.15, 0.2) is 0 Å². The Morgan fingerprint density at radius 1 is 0.667 bits per heavy atom. The molecule has 6 nitrogen and oxygen atoms in total. The third-order valence-corrected chi connectivity index (χ3v) is 4.72. The molecule has 3 aromatic carbocycles. The molecule has 0 aliphatic rings. The number of ether oxygens (including phenoxy) is 2. The van der Waals surface area contributed by atoms with Gasteiger partial charge in [-0.2, -0.15) is 0 Å². The van der Waals surface area contributed by atoms with E-state index < -0.39 is 11.9 Å². The van der Waals surface area contributed by atoms with Gasteiger partial charge >= 0.3 is 11.9 Å². The maximum Gasteiger partial charge on any atom is 0.340 e. The zero-order valence-electron chi connectivity index (χ0n) is 16.2. The van der Waals surface area contributed by atoms with Crippen molar-refractivity contribution >= 4 is 57.9 Å². The second-order valence-electron chi connectivity index (χ2n) is 6.19. The predicted molar refractivity (Wildman–Crippen MR) is 119 cm³/mol. The summed E-state index contributed by atoms with van der Waals surface area (Å²) in [5.41, 5.74) is 2.59. The Hall–Kier alpha value is -3.22. The van der Waals surface area contributed by atoms with E-state index in [1.165, 1.54) is 26.4 Å². The van der Waals surface area contributed by atoms with Gasteiger partial charge in [-0.05, 0) is 60.7 Å². The molecule has 0 fully saturated rings. The first-order valence-corrected chi connectivity index (χ1v) is 9.56. The molecule has 0 aliphatic heterocycles. The molecule has 8 heteroatoms. The first kappa shape index (κ1) is 21.5. The number of esters is 2. The Morgan fingerprint density at radius 2 is 1.00 bits per heavy atom. The molecule has 2 N–H and O–H groups in total. The third-order valence-electron chi connectivity index (χ3n) is 4.21. The van der Waals surface area contributed by atoms with Crippen LogP contribution in [0.4, 0.5) is 22.7 Å². The lowest BCUT2D eigenvalue weighted by atomic mass is 10.0. The van der Waals surface area contributed by atoms with Crippen molar-refractivity contribution in [3.8, 4) is 0 Å². The maximum absolute atomic E-state index is 12.4. The van der Waals surface area contributed by atoms with Crippen LogP contribution in [-0.4, -0.2) is 26.2 Å². The number of benzene rings is 3. The molecule has 0 atom stereocenters. The van der Waals surface area contributed by atoms with E-state index in [0.29, 0.717) is 32.8 Å². The molecule has 30 heavy (non-hydrogen) atoms. The third kappa shape index (κ3) is 5.03. The Labute approximate surface area is 183 Å². The summed E-state index contributed by atoms with van der Waals surface area (Å²) in [6.45, 7) is 0. The standard InChI is InChI=1S/C22H18Cl2N2O4/c1-29-21(27)17-11-20(26-16-9-5-14(24)6-10-16)18(22(28)30-2)12-19(17)25-15-7-3-13(23)4-8-15/h3-12,25-26H,1-2H3. The van der Waals surface area contributed by atoms with Crippen molar-refractivity contribution in [2.24, 2.45) is 0 Å². The van der Waals surface area contributed by atoms with Crippen LogP contribution in [0.25, 0.3) is 0 Å². The topological polar surface area (TPSA) is 76.7 Å². The summed E-state index contributed by atoms with van der Waals surface area (Å²) in [5, 5.41) is 7.39. The smallest absolute Gasteiger partial charge is 0.340 e. The molecule has 0 unspecified atom stereocenters. The van der Waals surface area contributed by atoms with Crippen LogP contribution in [0.3, 0.4) is 0 Å². The van der Waals surface area contributed by atoms with E-state index in [4.69, 9.17) is 32.7 Å². The van der Waals surface area contributed by atoms with Crippen molar-refractivity contribution < 1.29 is 19.1 Å². The van der Waals surface area contributed by atoms with Crippen molar-refractivity contribution in [2.45, 2.75) is 0 Å². The molecule has 0 spiro atoms. The van der Waals surface area contributed by atoms with Crippen molar-refractivity contribution in [1.82, 2.24) is 0 Å². The Bertz CT molecular complexity index is 980. The fourth-order valence-electron chi connectivity index (χ4n) is 2.74. The summed E-state index contributed by atoms with van der Waals surface area (Å²) >= 11 is 11.9. The molecule has 0 amide bonds. The van der Waals surface area contributed by atoms with Gasteiger partial charge in [-0.3, -0.25) is 0 Å². The summed E-state index contributed by atoms with van der Waals surface area (Å²) in [7, 11) is 2.57. The second-order valence-corrected chi connectivity index (χ2v) is 7.06. The minimum atomic E-state index is -0.568. The summed E-state index contributed by atoms with van der Waals surface area (Å²) in [4.78, 5) is 24.9. The average Bonchev–Trinajstić information content (AvgIpc) is 2.76. The van der Waals surface area contributed by atoms with Crippen LogP contribution in [0.15, 0.2) is 60.7 Å². The van der Waals surface area contributed by atoms with Crippen LogP contribution in [0, 0.1) is 0 Å². The first-order valence-electron chi connectivity index (χ1n) is 8.81. The molecule has 0 saturated carbocycles. The van der Waals surface area contributed by atoms with Crippen molar-refractivity contribution in [3.05, 3.63) is 81.8 Å². The van der Waals surface area contributed by atoms with E-state index >= 15 is 0 Å². The van der Waals surface area contributed by atoms with E-state index in [1.54, 1.807) is 48.5 Å². The molecule has 0 radical (unpaired) electrons. The average molecular weight is 445 g/mol. The molecule has 3 aromatic rings. The van der Waals surface area contributed by atoms with E-state index in [9.17, 15) is 9.59 Å². The number of hydrogen-bond acceptors (Lipinski definition) is 6. The molecule has 0 saturated heterocycles. The minimum Gasteiger partial charge on any atom is -0.465 e. The Balaban J connectivity index is 2.09. The van der Waals surface area contributed by atoms with Gasteiger partial charge in [0.1, 0.15) is 0 Å². The van der Waals surface area contributed by atoms with Crippen molar-refractivity contribution in [2.75, 3.05) is 24.9 Å². The highest BCUT2D eigenvalue weighted by atomic mass is 35.5. The van der Waals surface area contributed by atoms with Gasteiger partial charge < -0.3 is 20.1 Å². The lowest BCUT2D eigenvalue weighted by molar-refractivity contribution is 0.0588. The van der Waals surface area contributed by atoms with E-state index in [0.717, 1.165) is 0 Å². The highest BCUT2D eigenvalue weighted by Crippen LogP contribution is 2.32. The number of nitrogens with one attached hydrogen (secondary N) is 2. The lowest BCUT2D eigenvalue weighted by Gasteiger charge is -2.17. The van der Waals surface area contributed by atoms with Crippen molar-refractivity contribution in [3.63, 3.8) is 0 Å². The van der Waals surface area contributed by atoms with E-state index in [2.05, 4.69) is 10.6 Å². The number of rotatable bonds is 6. The van der Waals surface area contributed by atoms with Crippen LogP contribution in [0.2, 0.25) is 10.0 Å². The molecular formula is C22H18Cl2N2O4. The van der Waals surface area contributed by atoms with Crippen molar-refractivity contribution in [1.29, 1.82) is 0 Å². The van der Waals surface area contributed by atoms with Crippen LogP contribution in [0.1, 0.15) is 20.7 Å². The quantitative estimate of drug-likeness (QED) is 0.450. The molecule has 0 aromatic heterocycles. The summed E-state index contributed by atoms with van der Waals surface area (Å²) < 4.78 is 9.84. The zero-order valence-corrected chi connectivity index (χ0v) is 17.7. The SMILES string of the molecule is COC(=O)c1cc(Nc2ccc(Cl)cc2)c(C(=O)OC)cc1Nc1ccc(Cl)cc1. The Kier molecular flexibility index (Phi) is 6.82. The summed E-state index contributed by atoms with van der Waals surface area (Å²) in [5.74, 6) is -1.14.